The number of aliphatic carboxylic acids is 1. The van der Waals surface area contributed by atoms with Gasteiger partial charge in [0.05, 0.1) is 0 Å². The number of nitrogens with one attached hydrogen (secondary N) is 2. The standard InChI is InChI=1S/C20H22F2N2O3/c21-19(22)16-8-6-15(7-9-16)13-23-20(27)24-17(10-11-18(25)26)12-14-4-2-1-3-5-14/h1-9,17,19H,10-13H2,(H,25,26)(H2,23,24,27). The first-order valence-electron chi connectivity index (χ1n) is 8.61. The molecule has 0 aliphatic rings. The summed E-state index contributed by atoms with van der Waals surface area (Å²) in [6.45, 7) is 0.187. The third-order valence-corrected chi connectivity index (χ3v) is 4.05. The van der Waals surface area contributed by atoms with Crippen molar-refractivity contribution in [2.24, 2.45) is 0 Å². The van der Waals surface area contributed by atoms with Crippen LogP contribution in [0.25, 0.3) is 0 Å². The monoisotopic (exact) mass is 376 g/mol. The molecule has 0 aromatic heterocycles. The van der Waals surface area contributed by atoms with Crippen molar-refractivity contribution in [3.05, 3.63) is 71.3 Å². The largest absolute Gasteiger partial charge is 0.481 e. The molecule has 0 heterocycles. The first kappa shape index (κ1) is 20.4. The summed E-state index contributed by atoms with van der Waals surface area (Å²) < 4.78 is 25.1. The maximum atomic E-state index is 12.5. The van der Waals surface area contributed by atoms with E-state index in [1.165, 1.54) is 24.3 Å². The molecule has 0 radical (unpaired) electrons. The molecular formula is C20H22F2N2O3. The van der Waals surface area contributed by atoms with Gasteiger partial charge in [0.25, 0.3) is 6.43 Å². The van der Waals surface area contributed by atoms with Crippen LogP contribution in [-0.4, -0.2) is 23.1 Å². The summed E-state index contributed by atoms with van der Waals surface area (Å²) in [6, 6.07) is 14.4. The Bertz CT molecular complexity index is 737. The molecule has 0 spiro atoms. The Kier molecular flexibility index (Phi) is 7.73. The summed E-state index contributed by atoms with van der Waals surface area (Å²) in [6.07, 6.45) is -1.75. The Morgan fingerprint density at radius 3 is 2.22 bits per heavy atom. The number of urea groups is 1. The molecule has 2 rings (SSSR count). The van der Waals surface area contributed by atoms with Gasteiger partial charge in [0.1, 0.15) is 0 Å². The van der Waals surface area contributed by atoms with E-state index in [0.717, 1.165) is 5.56 Å². The number of carbonyl (C=O) groups is 2. The zero-order chi connectivity index (χ0) is 19.6. The molecule has 0 saturated heterocycles. The number of carboxylic acid groups (broad SMARTS) is 1. The van der Waals surface area contributed by atoms with Crippen molar-refractivity contribution in [1.29, 1.82) is 0 Å². The predicted octanol–water partition coefficient (Wildman–Crippen LogP) is 3.90. The van der Waals surface area contributed by atoms with Gasteiger partial charge in [-0.3, -0.25) is 4.79 Å². The smallest absolute Gasteiger partial charge is 0.315 e. The van der Waals surface area contributed by atoms with Gasteiger partial charge >= 0.3 is 12.0 Å². The van der Waals surface area contributed by atoms with E-state index in [4.69, 9.17) is 5.11 Å². The van der Waals surface area contributed by atoms with Gasteiger partial charge in [-0.15, -0.1) is 0 Å². The van der Waals surface area contributed by atoms with E-state index in [2.05, 4.69) is 10.6 Å². The topological polar surface area (TPSA) is 78.4 Å². The van der Waals surface area contributed by atoms with Crippen molar-refractivity contribution in [2.75, 3.05) is 0 Å². The van der Waals surface area contributed by atoms with E-state index in [1.54, 1.807) is 0 Å². The number of carbonyl (C=O) groups excluding carboxylic acids is 1. The average molecular weight is 376 g/mol. The van der Waals surface area contributed by atoms with E-state index in [9.17, 15) is 18.4 Å². The number of halogens is 2. The molecule has 27 heavy (non-hydrogen) atoms. The van der Waals surface area contributed by atoms with Gasteiger partial charge in [-0.1, -0.05) is 54.6 Å². The molecule has 0 aliphatic heterocycles. The Labute approximate surface area is 156 Å². The number of hydrogen-bond donors (Lipinski definition) is 3. The van der Waals surface area contributed by atoms with Crippen LogP contribution in [0.2, 0.25) is 0 Å². The highest BCUT2D eigenvalue weighted by Crippen LogP contribution is 2.18. The van der Waals surface area contributed by atoms with Gasteiger partial charge in [0, 0.05) is 24.6 Å². The quantitative estimate of drug-likeness (QED) is 0.621. The molecule has 2 aromatic rings. The Morgan fingerprint density at radius 1 is 0.963 bits per heavy atom. The molecule has 1 atom stereocenters. The van der Waals surface area contributed by atoms with Gasteiger partial charge in [-0.25, -0.2) is 13.6 Å². The van der Waals surface area contributed by atoms with Gasteiger partial charge in [-0.2, -0.15) is 0 Å². The van der Waals surface area contributed by atoms with E-state index < -0.39 is 18.4 Å². The highest BCUT2D eigenvalue weighted by molar-refractivity contribution is 5.74. The summed E-state index contributed by atoms with van der Waals surface area (Å²) in [5, 5.41) is 14.3. The number of amides is 2. The maximum Gasteiger partial charge on any atom is 0.315 e. The minimum absolute atomic E-state index is 0.0487. The summed E-state index contributed by atoms with van der Waals surface area (Å²) >= 11 is 0. The lowest BCUT2D eigenvalue weighted by molar-refractivity contribution is -0.137. The maximum absolute atomic E-state index is 12.5. The lowest BCUT2D eigenvalue weighted by atomic mass is 10.0. The molecule has 0 bridgehead atoms. The fourth-order valence-corrected chi connectivity index (χ4v) is 2.62. The summed E-state index contributed by atoms with van der Waals surface area (Å²) in [5.41, 5.74) is 1.62. The van der Waals surface area contributed by atoms with E-state index in [-0.39, 0.29) is 24.6 Å². The van der Waals surface area contributed by atoms with Gasteiger partial charge in [0.2, 0.25) is 0 Å². The molecule has 7 heteroatoms. The molecule has 144 valence electrons. The van der Waals surface area contributed by atoms with Crippen LogP contribution in [0.4, 0.5) is 13.6 Å². The van der Waals surface area contributed by atoms with Crippen LogP contribution in [0.1, 0.15) is 36.0 Å². The minimum Gasteiger partial charge on any atom is -0.481 e. The number of benzene rings is 2. The molecule has 1 unspecified atom stereocenters. The summed E-state index contributed by atoms with van der Waals surface area (Å²) in [4.78, 5) is 23.0. The lowest BCUT2D eigenvalue weighted by Crippen LogP contribution is -2.43. The third kappa shape index (κ3) is 7.43. The molecule has 5 nitrogen and oxygen atoms in total. The highest BCUT2D eigenvalue weighted by Gasteiger charge is 2.15. The van der Waals surface area contributed by atoms with Crippen LogP contribution in [0.15, 0.2) is 54.6 Å². The molecule has 2 amide bonds. The minimum atomic E-state index is -2.52. The van der Waals surface area contributed by atoms with E-state index in [0.29, 0.717) is 18.4 Å². The van der Waals surface area contributed by atoms with E-state index >= 15 is 0 Å². The number of rotatable bonds is 9. The second-order valence-corrected chi connectivity index (χ2v) is 6.19. The van der Waals surface area contributed by atoms with Crippen molar-refractivity contribution in [3.8, 4) is 0 Å². The van der Waals surface area contributed by atoms with Crippen molar-refractivity contribution >= 4 is 12.0 Å². The van der Waals surface area contributed by atoms with Crippen LogP contribution < -0.4 is 10.6 Å². The van der Waals surface area contributed by atoms with Crippen LogP contribution in [-0.2, 0) is 17.8 Å². The first-order valence-corrected chi connectivity index (χ1v) is 8.61. The molecule has 0 aliphatic carbocycles. The fraction of sp³-hybridized carbons (Fsp3) is 0.300. The van der Waals surface area contributed by atoms with Crippen LogP contribution >= 0.6 is 0 Å². The SMILES string of the molecule is O=C(O)CCC(Cc1ccccc1)NC(=O)NCc1ccc(C(F)F)cc1. The van der Waals surface area contributed by atoms with Gasteiger partial charge < -0.3 is 15.7 Å². The van der Waals surface area contributed by atoms with Gasteiger partial charge in [0.15, 0.2) is 0 Å². The van der Waals surface area contributed by atoms with Gasteiger partial charge in [-0.05, 0) is 24.0 Å². The molecule has 0 fully saturated rings. The highest BCUT2D eigenvalue weighted by atomic mass is 19.3. The Hall–Kier alpha value is -2.96. The first-order chi connectivity index (χ1) is 12.9. The second-order valence-electron chi connectivity index (χ2n) is 6.19. The summed E-state index contributed by atoms with van der Waals surface area (Å²) in [5.74, 6) is -0.922. The normalized spacial score (nSPS) is 11.8. The third-order valence-electron chi connectivity index (χ3n) is 4.05. The number of alkyl halides is 2. The zero-order valence-electron chi connectivity index (χ0n) is 14.7. The average Bonchev–Trinajstić information content (AvgIpc) is 2.65. The molecule has 3 N–H and O–H groups in total. The molecular weight excluding hydrogens is 354 g/mol. The van der Waals surface area contributed by atoms with Crippen LogP contribution in [0.5, 0.6) is 0 Å². The van der Waals surface area contributed by atoms with Crippen LogP contribution in [0.3, 0.4) is 0 Å². The second kappa shape index (κ2) is 10.3. The molecule has 2 aromatic carbocycles. The summed E-state index contributed by atoms with van der Waals surface area (Å²) in [7, 11) is 0. The van der Waals surface area contributed by atoms with E-state index in [1.807, 2.05) is 30.3 Å². The predicted molar refractivity (Wildman–Crippen MR) is 97.6 cm³/mol. The Balaban J connectivity index is 1.88. The van der Waals surface area contributed by atoms with Crippen molar-refractivity contribution in [1.82, 2.24) is 10.6 Å². The fourth-order valence-electron chi connectivity index (χ4n) is 2.62. The molecule has 0 saturated carbocycles. The number of carboxylic acids is 1. The van der Waals surface area contributed by atoms with Crippen molar-refractivity contribution in [3.63, 3.8) is 0 Å². The Morgan fingerprint density at radius 2 is 1.63 bits per heavy atom. The van der Waals surface area contributed by atoms with Crippen LogP contribution in [0, 0.1) is 0 Å². The van der Waals surface area contributed by atoms with Crippen molar-refractivity contribution < 1.29 is 23.5 Å². The zero-order valence-corrected chi connectivity index (χ0v) is 14.7. The lowest BCUT2D eigenvalue weighted by Gasteiger charge is -2.19. The number of hydrogen-bond acceptors (Lipinski definition) is 2. The van der Waals surface area contributed by atoms with Crippen molar-refractivity contribution in [2.45, 2.75) is 38.3 Å².